The Bertz CT molecular complexity index is 2110. The van der Waals surface area contributed by atoms with Crippen LogP contribution in [0, 0.1) is 5.41 Å². The highest BCUT2D eigenvalue weighted by Crippen LogP contribution is 2.47. The van der Waals surface area contributed by atoms with Gasteiger partial charge in [-0.05, 0) is 61.2 Å². The number of fused-ring (bicyclic) bond motifs is 4. The number of halogens is 2. The van der Waals surface area contributed by atoms with Crippen molar-refractivity contribution in [3.8, 4) is 0 Å². The molecule has 2 aliphatic rings. The second-order valence-corrected chi connectivity index (χ2v) is 14.1. The van der Waals surface area contributed by atoms with Crippen molar-refractivity contribution in [3.63, 3.8) is 0 Å². The van der Waals surface area contributed by atoms with E-state index in [1.807, 2.05) is 18.2 Å². The van der Waals surface area contributed by atoms with E-state index in [0.29, 0.717) is 34.3 Å². The molecule has 0 unspecified atom stereocenters. The lowest BCUT2D eigenvalue weighted by atomic mass is 9.65. The summed E-state index contributed by atoms with van der Waals surface area (Å²) in [6.45, 7) is 6.65. The first kappa shape index (κ1) is 31.8. The van der Waals surface area contributed by atoms with Crippen molar-refractivity contribution in [2.75, 3.05) is 18.4 Å². The van der Waals surface area contributed by atoms with Gasteiger partial charge in [0.05, 0.1) is 6.04 Å². The van der Waals surface area contributed by atoms with Gasteiger partial charge in [-0.25, -0.2) is 9.78 Å². The summed E-state index contributed by atoms with van der Waals surface area (Å²) in [5.74, 6) is -0.840. The molecule has 7 rings (SSSR count). The van der Waals surface area contributed by atoms with Crippen LogP contribution in [-0.2, 0) is 4.79 Å². The van der Waals surface area contributed by atoms with Crippen molar-refractivity contribution < 1.29 is 28.3 Å². The number of aromatic amines is 1. The maximum Gasteiger partial charge on any atom is 0.408 e. The zero-order chi connectivity index (χ0) is 33.1. The highest BCUT2D eigenvalue weighted by molar-refractivity contribution is 9.10. The quantitative estimate of drug-likeness (QED) is 0.149. The minimum atomic E-state index is -1.26. The molecule has 3 aromatic heterocycles. The standard InChI is InChI=1S/C18H20BrN3O5.C13H10BrN3O2/c1-17(2,3)18(6-7-22(18)16(25)26)15(24)21-12-10-8-9(19)4-5-11(10)27-13(12)14(20)23;14-6-1-2-9-7(5-6)10-11(19-9)13(18)17-12(16-10)8-3-4-15-8/h4-5,8H,6-7H2,1-3H3,(H2,20,23)(H,21,24)(H,25,26);1-2,5,8,15H,3-4H2,(H,16,17,18)/t18-;8-/m10/s1. The number of anilines is 1. The minimum absolute atomic E-state index is 0.143. The lowest BCUT2D eigenvalue weighted by Crippen LogP contribution is -2.73. The molecule has 6 N–H and O–H groups in total. The van der Waals surface area contributed by atoms with E-state index in [2.05, 4.69) is 52.5 Å². The Morgan fingerprint density at radius 3 is 2.24 bits per heavy atom. The molecule has 0 radical (unpaired) electrons. The van der Waals surface area contributed by atoms with Crippen molar-refractivity contribution in [2.24, 2.45) is 11.1 Å². The molecular formula is C31H30Br2N6O7. The van der Waals surface area contributed by atoms with E-state index in [0.717, 1.165) is 32.2 Å². The molecule has 15 heteroatoms. The van der Waals surface area contributed by atoms with Crippen LogP contribution in [0.3, 0.4) is 0 Å². The maximum absolute atomic E-state index is 13.3. The lowest BCUT2D eigenvalue weighted by Gasteiger charge is -2.56. The average molecular weight is 758 g/mol. The van der Waals surface area contributed by atoms with Gasteiger partial charge in [-0.2, -0.15) is 0 Å². The molecular weight excluding hydrogens is 728 g/mol. The minimum Gasteiger partial charge on any atom is -0.465 e. The summed E-state index contributed by atoms with van der Waals surface area (Å²) in [4.78, 5) is 57.3. The number of benzene rings is 2. The number of amides is 3. The number of rotatable bonds is 4. The van der Waals surface area contributed by atoms with Gasteiger partial charge in [0.1, 0.15) is 33.7 Å². The fourth-order valence-corrected chi connectivity index (χ4v) is 6.70. The maximum atomic E-state index is 13.3. The number of carbonyl (C=O) groups is 3. The molecule has 5 heterocycles. The van der Waals surface area contributed by atoms with Crippen LogP contribution in [0.25, 0.3) is 33.0 Å². The first-order valence-corrected chi connectivity index (χ1v) is 16.0. The van der Waals surface area contributed by atoms with E-state index < -0.39 is 28.9 Å². The summed E-state index contributed by atoms with van der Waals surface area (Å²) in [5.41, 5.74) is 5.38. The van der Waals surface area contributed by atoms with E-state index in [-0.39, 0.29) is 35.2 Å². The zero-order valence-corrected chi connectivity index (χ0v) is 28.2. The SMILES string of the molecule is CC(C)(C)[C@]1(C(=O)Nc2c(C(N)=O)oc3ccc(Br)cc23)CCN1C(=O)O.O=c1[nH]c([C@@H]2CCN2)nc2c1oc1ccc(Br)cc12. The number of nitrogens with one attached hydrogen (secondary N) is 3. The number of hydrogen-bond donors (Lipinski definition) is 5. The molecule has 3 amide bonds. The van der Waals surface area contributed by atoms with Gasteiger partial charge in [0.25, 0.3) is 17.4 Å². The van der Waals surface area contributed by atoms with Crippen molar-refractivity contribution in [2.45, 2.75) is 45.2 Å². The molecule has 0 aliphatic carbocycles. The Morgan fingerprint density at radius 2 is 1.72 bits per heavy atom. The normalized spacial score (nSPS) is 19.3. The molecule has 0 spiro atoms. The van der Waals surface area contributed by atoms with Crippen molar-refractivity contribution >= 4 is 88.5 Å². The Labute approximate surface area is 278 Å². The van der Waals surface area contributed by atoms with Crippen LogP contribution in [0.15, 0.2) is 59.0 Å². The fourth-order valence-electron chi connectivity index (χ4n) is 5.98. The highest BCUT2D eigenvalue weighted by atomic mass is 79.9. The van der Waals surface area contributed by atoms with Crippen molar-refractivity contribution in [3.05, 3.63) is 67.3 Å². The number of aromatic nitrogens is 2. The number of nitrogens with two attached hydrogens (primary N) is 1. The third-order valence-electron chi connectivity index (χ3n) is 8.58. The molecule has 0 saturated carbocycles. The summed E-state index contributed by atoms with van der Waals surface area (Å²) in [6, 6.07) is 10.9. The second kappa shape index (κ2) is 11.5. The van der Waals surface area contributed by atoms with E-state index in [4.69, 9.17) is 14.6 Å². The molecule has 5 aromatic rings. The van der Waals surface area contributed by atoms with Gasteiger partial charge in [0.15, 0.2) is 0 Å². The van der Waals surface area contributed by atoms with Crippen LogP contribution in [0.5, 0.6) is 0 Å². The first-order chi connectivity index (χ1) is 21.7. The number of carbonyl (C=O) groups excluding carboxylic acids is 2. The third kappa shape index (κ3) is 5.25. The predicted molar refractivity (Wildman–Crippen MR) is 178 cm³/mol. The van der Waals surface area contributed by atoms with Gasteiger partial charge in [0, 0.05) is 26.3 Å². The number of carboxylic acid groups (broad SMARTS) is 1. The molecule has 2 atom stereocenters. The summed E-state index contributed by atoms with van der Waals surface area (Å²) in [5, 5.41) is 16.8. The van der Waals surface area contributed by atoms with Crippen LogP contribution >= 0.6 is 31.9 Å². The topological polar surface area (TPSA) is 197 Å². The molecule has 240 valence electrons. The molecule has 2 saturated heterocycles. The molecule has 13 nitrogen and oxygen atoms in total. The van der Waals surface area contributed by atoms with Gasteiger partial charge >= 0.3 is 6.09 Å². The van der Waals surface area contributed by atoms with Crippen LogP contribution < -0.4 is 21.9 Å². The molecule has 46 heavy (non-hydrogen) atoms. The molecule has 2 aliphatic heterocycles. The van der Waals surface area contributed by atoms with Gasteiger partial charge in [0.2, 0.25) is 11.3 Å². The smallest absolute Gasteiger partial charge is 0.408 e. The summed E-state index contributed by atoms with van der Waals surface area (Å²) < 4.78 is 12.7. The van der Waals surface area contributed by atoms with E-state index in [9.17, 15) is 24.3 Å². The van der Waals surface area contributed by atoms with E-state index >= 15 is 0 Å². The lowest BCUT2D eigenvalue weighted by molar-refractivity contribution is -0.146. The van der Waals surface area contributed by atoms with Crippen LogP contribution in [0.2, 0.25) is 0 Å². The van der Waals surface area contributed by atoms with Gasteiger partial charge < -0.3 is 35.3 Å². The number of furan rings is 2. The Balaban J connectivity index is 0.000000171. The number of primary amides is 1. The Kier molecular flexibility index (Phi) is 7.97. The molecule has 0 bridgehead atoms. The predicted octanol–water partition coefficient (Wildman–Crippen LogP) is 5.87. The monoisotopic (exact) mass is 756 g/mol. The van der Waals surface area contributed by atoms with Crippen molar-refractivity contribution in [1.29, 1.82) is 0 Å². The third-order valence-corrected chi connectivity index (χ3v) is 9.56. The summed E-state index contributed by atoms with van der Waals surface area (Å²) in [7, 11) is 0. The Morgan fingerprint density at radius 1 is 1.09 bits per heavy atom. The van der Waals surface area contributed by atoms with E-state index in [1.54, 1.807) is 39.0 Å². The summed E-state index contributed by atoms with van der Waals surface area (Å²) >= 11 is 6.77. The van der Waals surface area contributed by atoms with Crippen LogP contribution in [0.1, 0.15) is 56.0 Å². The van der Waals surface area contributed by atoms with Crippen LogP contribution in [-0.4, -0.2) is 56.5 Å². The number of likely N-dealkylation sites (tertiary alicyclic amines) is 1. The van der Waals surface area contributed by atoms with Crippen molar-refractivity contribution in [1.82, 2.24) is 20.2 Å². The Hall–Kier alpha value is -4.21. The number of nitrogens with zero attached hydrogens (tertiary/aromatic N) is 2. The largest absolute Gasteiger partial charge is 0.465 e. The molecule has 2 aromatic carbocycles. The fraction of sp³-hybridized carbons (Fsp3) is 0.323. The van der Waals surface area contributed by atoms with Crippen LogP contribution in [0.4, 0.5) is 10.5 Å². The van der Waals surface area contributed by atoms with E-state index in [1.165, 1.54) is 0 Å². The average Bonchev–Trinajstić information content (AvgIpc) is 3.45. The number of H-pyrrole nitrogens is 1. The second-order valence-electron chi connectivity index (χ2n) is 12.2. The highest BCUT2D eigenvalue weighted by Gasteiger charge is 2.60. The van der Waals surface area contributed by atoms with Gasteiger partial charge in [-0.3, -0.25) is 19.3 Å². The summed E-state index contributed by atoms with van der Waals surface area (Å²) in [6.07, 6.45) is 0.203. The first-order valence-electron chi connectivity index (χ1n) is 14.4. The zero-order valence-electron chi connectivity index (χ0n) is 25.0. The van der Waals surface area contributed by atoms with Gasteiger partial charge in [-0.1, -0.05) is 52.6 Å². The van der Waals surface area contributed by atoms with Gasteiger partial charge in [-0.15, -0.1) is 0 Å². The number of hydrogen-bond acceptors (Lipinski definition) is 8. The molecule has 2 fully saturated rings.